The number of rotatable bonds is 4. The van der Waals surface area contributed by atoms with Gasteiger partial charge in [0.2, 0.25) is 16.6 Å². The predicted molar refractivity (Wildman–Crippen MR) is 104 cm³/mol. The lowest BCUT2D eigenvalue weighted by Crippen LogP contribution is -2.57. The van der Waals surface area contributed by atoms with Gasteiger partial charge in [-0.2, -0.15) is 0 Å². The van der Waals surface area contributed by atoms with Crippen molar-refractivity contribution in [1.29, 1.82) is 0 Å². The Bertz CT molecular complexity index is 543. The van der Waals surface area contributed by atoms with Crippen LogP contribution in [-0.2, 0) is 4.12 Å². The largest absolute Gasteiger partial charge is 0.449 e. The molecular weight excluding hydrogens is 300 g/mol. The molecule has 0 heterocycles. The Balaban J connectivity index is 0.00000242. The van der Waals surface area contributed by atoms with E-state index in [0.717, 1.165) is 0 Å². The monoisotopic (exact) mass is 330 g/mol. The zero-order valence-electron chi connectivity index (χ0n) is 14.0. The molecule has 0 atom stereocenters. The van der Waals surface area contributed by atoms with Crippen molar-refractivity contribution in [3.63, 3.8) is 0 Å². The fourth-order valence-electron chi connectivity index (χ4n) is 2.67. The van der Waals surface area contributed by atoms with E-state index in [0.29, 0.717) is 0 Å². The second kappa shape index (κ2) is 6.94. The van der Waals surface area contributed by atoms with Crippen molar-refractivity contribution in [1.82, 2.24) is 0 Å². The average molecular weight is 331 g/mol. The lowest BCUT2D eigenvalue weighted by Gasteiger charge is -2.34. The van der Waals surface area contributed by atoms with Crippen LogP contribution in [0.5, 0.6) is 0 Å². The summed E-state index contributed by atoms with van der Waals surface area (Å²) in [7, 11) is -3.74. The molecule has 2 aromatic rings. The van der Waals surface area contributed by atoms with Crippen molar-refractivity contribution in [2.24, 2.45) is 0 Å². The second-order valence-electron chi connectivity index (χ2n) is 6.85. The molecule has 0 saturated heterocycles. The molecule has 0 bridgehead atoms. The molecule has 1 nitrogen and oxygen atoms in total. The molecule has 0 fully saturated rings. The molecule has 0 aliphatic rings. The van der Waals surface area contributed by atoms with Gasteiger partial charge in [0, 0.05) is 0 Å². The van der Waals surface area contributed by atoms with E-state index < -0.39 is 16.6 Å². The van der Waals surface area contributed by atoms with Crippen molar-refractivity contribution in [3.05, 3.63) is 59.7 Å². The highest BCUT2D eigenvalue weighted by atomic mass is 28.4. The average Bonchev–Trinajstić information content (AvgIpc) is 2.38. The molecule has 22 heavy (non-hydrogen) atoms. The van der Waals surface area contributed by atoms with Crippen molar-refractivity contribution in [2.45, 2.75) is 47.5 Å². The molecule has 0 spiro atoms. The van der Waals surface area contributed by atoms with Crippen LogP contribution in [0.4, 0.5) is 0 Å². The quantitative estimate of drug-likeness (QED) is 0.751. The normalized spacial score (nSPS) is 11.9. The van der Waals surface area contributed by atoms with Crippen LogP contribution in [0, 0.1) is 13.8 Å². The van der Waals surface area contributed by atoms with E-state index in [9.17, 15) is 0 Å². The van der Waals surface area contributed by atoms with E-state index in [1.54, 1.807) is 0 Å². The molecular formula is C19H30OSi2. The summed E-state index contributed by atoms with van der Waals surface area (Å²) < 4.78 is 6.75. The molecule has 0 aliphatic heterocycles. The van der Waals surface area contributed by atoms with Crippen molar-refractivity contribution in [2.75, 3.05) is 0 Å². The van der Waals surface area contributed by atoms with Gasteiger partial charge < -0.3 is 4.12 Å². The van der Waals surface area contributed by atoms with E-state index in [4.69, 9.17) is 4.12 Å². The van der Waals surface area contributed by atoms with Gasteiger partial charge in [-0.25, -0.2) is 0 Å². The minimum Gasteiger partial charge on any atom is -0.449 e. The number of hydrogen-bond acceptors (Lipinski definition) is 1. The van der Waals surface area contributed by atoms with E-state index in [-0.39, 0.29) is 7.43 Å². The molecule has 0 unspecified atom stereocenters. The Hall–Kier alpha value is -1.17. The maximum atomic E-state index is 6.75. The molecule has 120 valence electrons. The van der Waals surface area contributed by atoms with Crippen LogP contribution in [0.1, 0.15) is 18.6 Å². The Labute approximate surface area is 138 Å². The lowest BCUT2D eigenvalue weighted by molar-refractivity contribution is 0.573. The highest BCUT2D eigenvalue weighted by Crippen LogP contribution is 2.15. The molecule has 3 heteroatoms. The highest BCUT2D eigenvalue weighted by molar-refractivity contribution is 6.96. The van der Waals surface area contributed by atoms with Gasteiger partial charge >= 0.3 is 0 Å². The van der Waals surface area contributed by atoms with Crippen LogP contribution in [0.3, 0.4) is 0 Å². The first-order valence-corrected chi connectivity index (χ1v) is 13.4. The molecule has 0 aromatic heterocycles. The summed E-state index contributed by atoms with van der Waals surface area (Å²) in [6.45, 7) is 13.5. The van der Waals surface area contributed by atoms with Crippen LogP contribution in [0.15, 0.2) is 48.5 Å². The van der Waals surface area contributed by atoms with Crippen molar-refractivity contribution >= 4 is 27.0 Å². The highest BCUT2D eigenvalue weighted by Gasteiger charge is 2.35. The first-order chi connectivity index (χ1) is 9.71. The lowest BCUT2D eigenvalue weighted by atomic mass is 10.2. The third-order valence-electron chi connectivity index (χ3n) is 4.00. The topological polar surface area (TPSA) is 9.23 Å². The van der Waals surface area contributed by atoms with Crippen LogP contribution in [0.25, 0.3) is 0 Å². The fraction of sp³-hybridized carbons (Fsp3) is 0.368. The minimum atomic E-state index is -1.87. The standard InChI is InChI=1S/C18H26OSi2.CH4/c1-15-7-11-17(12-8-15)20(3,4)19-21(5,6)18-13-9-16(2)10-14-18;/h7-14H,1-6H3;1H4. The third-order valence-corrected chi connectivity index (χ3v) is 11.5. The maximum absolute atomic E-state index is 6.75. The number of benzene rings is 2. The summed E-state index contributed by atoms with van der Waals surface area (Å²) in [5.41, 5.74) is 2.61. The first-order valence-electron chi connectivity index (χ1n) is 7.55. The Morgan fingerprint density at radius 2 is 0.864 bits per heavy atom. The van der Waals surface area contributed by atoms with Gasteiger partial charge in [0.25, 0.3) is 0 Å². The second-order valence-corrected chi connectivity index (χ2v) is 14.9. The van der Waals surface area contributed by atoms with Gasteiger partial charge in [0.1, 0.15) is 0 Å². The van der Waals surface area contributed by atoms with Gasteiger partial charge in [0.05, 0.1) is 0 Å². The minimum absolute atomic E-state index is 0. The summed E-state index contributed by atoms with van der Waals surface area (Å²) in [4.78, 5) is 0. The van der Waals surface area contributed by atoms with Gasteiger partial charge in [-0.05, 0) is 50.4 Å². The third kappa shape index (κ3) is 4.42. The van der Waals surface area contributed by atoms with E-state index in [1.807, 2.05) is 0 Å². The van der Waals surface area contributed by atoms with Gasteiger partial charge in [-0.3, -0.25) is 0 Å². The molecule has 0 N–H and O–H groups in total. The molecule has 0 amide bonds. The van der Waals surface area contributed by atoms with Crippen molar-refractivity contribution < 1.29 is 4.12 Å². The molecule has 2 rings (SSSR count). The van der Waals surface area contributed by atoms with Crippen molar-refractivity contribution in [3.8, 4) is 0 Å². The molecule has 0 radical (unpaired) electrons. The summed E-state index contributed by atoms with van der Waals surface area (Å²) >= 11 is 0. The van der Waals surface area contributed by atoms with Crippen LogP contribution >= 0.6 is 0 Å². The number of aryl methyl sites for hydroxylation is 2. The number of hydrogen-bond donors (Lipinski definition) is 0. The van der Waals surface area contributed by atoms with E-state index >= 15 is 0 Å². The molecule has 0 aliphatic carbocycles. The van der Waals surface area contributed by atoms with E-state index in [2.05, 4.69) is 88.6 Å². The van der Waals surface area contributed by atoms with E-state index in [1.165, 1.54) is 21.5 Å². The Morgan fingerprint density at radius 1 is 0.591 bits per heavy atom. The summed E-state index contributed by atoms with van der Waals surface area (Å²) in [5, 5.41) is 2.75. The zero-order valence-corrected chi connectivity index (χ0v) is 16.0. The van der Waals surface area contributed by atoms with Crippen LogP contribution in [0.2, 0.25) is 26.2 Å². The van der Waals surface area contributed by atoms with Gasteiger partial charge in [-0.15, -0.1) is 0 Å². The van der Waals surface area contributed by atoms with Gasteiger partial charge in [-0.1, -0.05) is 67.1 Å². The molecule has 2 aromatic carbocycles. The maximum Gasteiger partial charge on any atom is 0.206 e. The SMILES string of the molecule is C.Cc1ccc([Si](C)(C)O[Si](C)(C)c2ccc(C)cc2)cc1. The Kier molecular flexibility index (Phi) is 5.96. The Morgan fingerprint density at radius 3 is 1.14 bits per heavy atom. The zero-order chi connectivity index (χ0) is 15.7. The summed E-state index contributed by atoms with van der Waals surface area (Å²) in [6, 6.07) is 17.7. The van der Waals surface area contributed by atoms with Crippen LogP contribution < -0.4 is 10.4 Å². The fourth-order valence-corrected chi connectivity index (χ4v) is 10.7. The summed E-state index contributed by atoms with van der Waals surface area (Å²) in [5.74, 6) is 0. The summed E-state index contributed by atoms with van der Waals surface area (Å²) in [6.07, 6.45) is 0. The van der Waals surface area contributed by atoms with Gasteiger partial charge in [0.15, 0.2) is 0 Å². The van der Waals surface area contributed by atoms with Crippen LogP contribution in [-0.4, -0.2) is 16.6 Å². The smallest absolute Gasteiger partial charge is 0.206 e. The predicted octanol–water partition coefficient (Wildman–Crippen LogP) is 4.48. The first kappa shape index (κ1) is 18.9. The molecule has 0 saturated carbocycles.